The number of nitrogens with two attached hydrogens (primary N) is 1. The molecule has 0 aromatic heterocycles. The molecule has 0 bridgehead atoms. The molecule has 4 heteroatoms. The van der Waals surface area contributed by atoms with E-state index < -0.39 is 0 Å². The summed E-state index contributed by atoms with van der Waals surface area (Å²) in [6, 6.07) is 12.6. The number of hydrogen-bond acceptors (Lipinski definition) is 3. The van der Waals surface area contributed by atoms with Gasteiger partial charge >= 0.3 is 0 Å². The second-order valence-electron chi connectivity index (χ2n) is 4.04. The van der Waals surface area contributed by atoms with Crippen molar-refractivity contribution < 1.29 is 15.8 Å². The lowest BCUT2D eigenvalue weighted by Crippen LogP contribution is -2.73. The zero-order valence-corrected chi connectivity index (χ0v) is 12.0. The summed E-state index contributed by atoms with van der Waals surface area (Å²) in [5.74, 6) is 0.136. The monoisotopic (exact) mass is 273 g/mol. The van der Waals surface area contributed by atoms with Crippen LogP contribution in [-0.4, -0.2) is 16.5 Å². The van der Waals surface area contributed by atoms with E-state index in [0.29, 0.717) is 11.3 Å². The zero-order valence-electron chi connectivity index (χ0n) is 12.0. The van der Waals surface area contributed by atoms with Crippen LogP contribution in [0.3, 0.4) is 0 Å². The largest absolute Gasteiger partial charge is 0.507 e. The molecule has 4 nitrogen and oxygen atoms in total. The number of aryl methyl sites for hydroxylation is 1. The van der Waals surface area contributed by atoms with E-state index in [1.807, 2.05) is 45.0 Å². The van der Waals surface area contributed by atoms with Crippen LogP contribution in [0.2, 0.25) is 0 Å². The van der Waals surface area contributed by atoms with Gasteiger partial charge in [-0.15, -0.1) is 0 Å². The lowest BCUT2D eigenvalue weighted by Gasteiger charge is -2.00. The Morgan fingerprint density at radius 1 is 1.10 bits per heavy atom. The number of phenols is 1. The van der Waals surface area contributed by atoms with E-state index in [1.54, 1.807) is 18.3 Å². The molecule has 0 saturated carbocycles. The van der Waals surface area contributed by atoms with E-state index in [-0.39, 0.29) is 5.75 Å². The van der Waals surface area contributed by atoms with E-state index in [1.165, 1.54) is 6.07 Å². The number of hydrogen-bond donors (Lipinski definition) is 3. The highest BCUT2D eigenvalue weighted by Crippen LogP contribution is 2.19. The quantitative estimate of drug-likeness (QED) is 0.348. The van der Waals surface area contributed by atoms with Crippen molar-refractivity contribution in [2.75, 3.05) is 0 Å². The molecule has 2 aromatic carbocycles. The number of benzene rings is 2. The third-order valence-corrected chi connectivity index (χ3v) is 2.56. The maximum Gasteiger partial charge on any atom is 0.162 e. The summed E-state index contributed by atoms with van der Waals surface area (Å²) in [7, 11) is 0. The average Bonchev–Trinajstić information content (AvgIpc) is 2.48. The van der Waals surface area contributed by atoms with Crippen LogP contribution >= 0.6 is 0 Å². The van der Waals surface area contributed by atoms with Crippen LogP contribution < -0.4 is 5.48 Å². The Bertz CT molecular complexity index is 580. The molecule has 0 radical (unpaired) electrons. The number of nitrogens with zero attached hydrogens (tertiary/aromatic N) is 1. The molecule has 0 aliphatic rings. The molecule has 2 aromatic rings. The summed E-state index contributed by atoms with van der Waals surface area (Å²) in [6.07, 6.45) is 1.58. The Balaban J connectivity index is 0.000000956. The van der Waals surface area contributed by atoms with Crippen molar-refractivity contribution in [1.82, 2.24) is 0 Å². The predicted octanol–water partition coefficient (Wildman–Crippen LogP) is 3.06. The highest BCUT2D eigenvalue weighted by Gasteiger charge is 2.02. The Morgan fingerprint density at radius 2 is 1.85 bits per heavy atom. The van der Waals surface area contributed by atoms with Gasteiger partial charge in [-0.1, -0.05) is 26.0 Å². The highest BCUT2D eigenvalue weighted by atomic mass is 16.5. The van der Waals surface area contributed by atoms with Gasteiger partial charge in [-0.3, -0.25) is 4.99 Å². The van der Waals surface area contributed by atoms with Crippen LogP contribution in [0, 0.1) is 6.92 Å². The number of aromatic hydroxyl groups is 1. The SMILES string of the molecule is CC.Cc1cccc(N=Cc2cc([NH2+]O)ccc2O)c1. The molecule has 0 fully saturated rings. The Hall–Kier alpha value is -2.17. The summed E-state index contributed by atoms with van der Waals surface area (Å²) in [6.45, 7) is 6.00. The van der Waals surface area contributed by atoms with Gasteiger partial charge in [0.2, 0.25) is 0 Å². The summed E-state index contributed by atoms with van der Waals surface area (Å²) in [5.41, 5.74) is 4.14. The fourth-order valence-electron chi connectivity index (χ4n) is 1.61. The first-order valence-corrected chi connectivity index (χ1v) is 6.60. The fraction of sp³-hybridized carbons (Fsp3) is 0.188. The molecule has 4 N–H and O–H groups in total. The Kier molecular flexibility index (Phi) is 6.43. The predicted molar refractivity (Wildman–Crippen MR) is 81.3 cm³/mol. The third kappa shape index (κ3) is 4.50. The fourth-order valence-corrected chi connectivity index (χ4v) is 1.61. The second kappa shape index (κ2) is 8.09. The molecule has 0 aliphatic heterocycles. The molecule has 2 rings (SSSR count). The zero-order chi connectivity index (χ0) is 15.0. The van der Waals surface area contributed by atoms with Gasteiger partial charge < -0.3 is 5.11 Å². The van der Waals surface area contributed by atoms with Gasteiger partial charge in [0.05, 0.1) is 5.69 Å². The van der Waals surface area contributed by atoms with Gasteiger partial charge in [-0.2, -0.15) is 5.48 Å². The minimum atomic E-state index is 0.136. The first kappa shape index (κ1) is 15.9. The minimum Gasteiger partial charge on any atom is -0.507 e. The number of quaternary nitrogens is 1. The summed E-state index contributed by atoms with van der Waals surface area (Å²) in [4.78, 5) is 4.29. The summed E-state index contributed by atoms with van der Waals surface area (Å²) >= 11 is 0. The minimum absolute atomic E-state index is 0.136. The van der Waals surface area contributed by atoms with E-state index in [4.69, 9.17) is 5.21 Å². The van der Waals surface area contributed by atoms with E-state index in [2.05, 4.69) is 4.99 Å². The molecule has 0 saturated heterocycles. The number of aliphatic imine (C=N–C) groups is 1. The molecular weight excluding hydrogens is 252 g/mol. The molecule has 20 heavy (non-hydrogen) atoms. The molecular formula is C16H21N2O2+. The van der Waals surface area contributed by atoms with Crippen LogP contribution in [0.1, 0.15) is 25.0 Å². The van der Waals surface area contributed by atoms with Gasteiger partial charge in [0.25, 0.3) is 0 Å². The smallest absolute Gasteiger partial charge is 0.162 e. The second-order valence-corrected chi connectivity index (χ2v) is 4.04. The van der Waals surface area contributed by atoms with Gasteiger partial charge in [-0.05, 0) is 30.7 Å². The van der Waals surface area contributed by atoms with E-state index in [0.717, 1.165) is 16.7 Å². The Morgan fingerprint density at radius 3 is 2.50 bits per heavy atom. The topological polar surface area (TPSA) is 69.4 Å². The van der Waals surface area contributed by atoms with Gasteiger partial charge in [0, 0.05) is 23.9 Å². The maximum absolute atomic E-state index is 9.68. The van der Waals surface area contributed by atoms with E-state index in [9.17, 15) is 5.11 Å². The van der Waals surface area contributed by atoms with Gasteiger partial charge in [0.15, 0.2) is 5.69 Å². The van der Waals surface area contributed by atoms with Crippen LogP contribution in [0.4, 0.5) is 11.4 Å². The van der Waals surface area contributed by atoms with Gasteiger partial charge in [-0.25, -0.2) is 5.21 Å². The van der Waals surface area contributed by atoms with Crippen molar-refractivity contribution in [2.45, 2.75) is 20.8 Å². The maximum atomic E-state index is 9.68. The third-order valence-electron chi connectivity index (χ3n) is 2.56. The average molecular weight is 273 g/mol. The first-order chi connectivity index (χ1) is 9.69. The summed E-state index contributed by atoms with van der Waals surface area (Å²) < 4.78 is 0. The van der Waals surface area contributed by atoms with Crippen molar-refractivity contribution in [3.05, 3.63) is 53.6 Å². The molecule has 0 unspecified atom stereocenters. The molecule has 0 heterocycles. The van der Waals surface area contributed by atoms with Crippen LogP contribution in [0.5, 0.6) is 5.75 Å². The van der Waals surface area contributed by atoms with E-state index >= 15 is 0 Å². The molecule has 0 aliphatic carbocycles. The lowest BCUT2D eigenvalue weighted by atomic mass is 10.2. The molecule has 0 spiro atoms. The van der Waals surface area contributed by atoms with Crippen molar-refractivity contribution in [1.29, 1.82) is 0 Å². The normalized spacial score (nSPS) is 10.2. The number of phenolic OH excluding ortho intramolecular Hbond substituents is 1. The lowest BCUT2D eigenvalue weighted by molar-refractivity contribution is -0.825. The number of rotatable bonds is 3. The molecule has 106 valence electrons. The van der Waals surface area contributed by atoms with Crippen molar-refractivity contribution in [3.8, 4) is 5.75 Å². The van der Waals surface area contributed by atoms with Crippen LogP contribution in [-0.2, 0) is 0 Å². The van der Waals surface area contributed by atoms with Crippen molar-refractivity contribution in [2.24, 2.45) is 4.99 Å². The standard InChI is InChI=1S/C14H14N2O2.C2H6/c1-10-3-2-4-12(7-10)15-9-11-8-13(16-18)5-6-14(11)17;1-2/h2-9,16-18H,1H3;1-2H3/p+1. The van der Waals surface area contributed by atoms with Gasteiger partial charge in [0.1, 0.15) is 5.75 Å². The van der Waals surface area contributed by atoms with Crippen LogP contribution in [0.25, 0.3) is 0 Å². The summed E-state index contributed by atoms with van der Waals surface area (Å²) in [5, 5.41) is 18.6. The first-order valence-electron chi connectivity index (χ1n) is 6.60. The van der Waals surface area contributed by atoms with Crippen LogP contribution in [0.15, 0.2) is 47.5 Å². The molecule has 0 atom stereocenters. The molecule has 0 amide bonds. The highest BCUT2D eigenvalue weighted by molar-refractivity contribution is 5.86. The van der Waals surface area contributed by atoms with Crippen molar-refractivity contribution >= 4 is 17.6 Å². The Labute approximate surface area is 119 Å². The van der Waals surface area contributed by atoms with Crippen molar-refractivity contribution in [3.63, 3.8) is 0 Å².